The van der Waals surface area contributed by atoms with Crippen LogP contribution in [-0.2, 0) is 19.6 Å². The van der Waals surface area contributed by atoms with E-state index >= 15 is 0 Å². The lowest BCUT2D eigenvalue weighted by molar-refractivity contribution is -0.137. The predicted molar refractivity (Wildman–Crippen MR) is 73.2 cm³/mol. The molecule has 2 heterocycles. The van der Waals surface area contributed by atoms with E-state index in [-0.39, 0.29) is 17.1 Å². The smallest absolute Gasteiger partial charge is 0.245 e. The van der Waals surface area contributed by atoms with E-state index < -0.39 is 34.4 Å². The molecule has 0 saturated carbocycles. The molecule has 0 spiro atoms. The van der Waals surface area contributed by atoms with Gasteiger partial charge in [-0.1, -0.05) is 6.92 Å². The molecule has 0 aliphatic carbocycles. The molecule has 4 N–H and O–H groups in total. The van der Waals surface area contributed by atoms with Gasteiger partial charge in [-0.2, -0.15) is 4.31 Å². The highest BCUT2D eigenvalue weighted by Gasteiger charge is 2.40. The van der Waals surface area contributed by atoms with Crippen LogP contribution in [-0.4, -0.2) is 42.1 Å². The first kappa shape index (κ1) is 15.4. The minimum atomic E-state index is -4.01. The lowest BCUT2D eigenvalue weighted by atomic mass is 10.2. The lowest BCUT2D eigenvalue weighted by Crippen LogP contribution is -2.59. The van der Waals surface area contributed by atoms with Crippen molar-refractivity contribution < 1.29 is 18.0 Å². The van der Waals surface area contributed by atoms with E-state index in [1.165, 1.54) is 18.3 Å². The number of imide groups is 1. The summed E-state index contributed by atoms with van der Waals surface area (Å²) >= 11 is 0. The molecular weight excluding hydrogens is 298 g/mol. The maximum atomic E-state index is 12.6. The lowest BCUT2D eigenvalue weighted by Gasteiger charge is -2.32. The fraction of sp³-hybridized carbons (Fsp3) is 0.364. The third kappa shape index (κ3) is 2.86. The molecule has 1 aromatic heterocycles. The van der Waals surface area contributed by atoms with Gasteiger partial charge >= 0.3 is 0 Å². The Morgan fingerprint density at radius 3 is 2.86 bits per heavy atom. The quantitative estimate of drug-likeness (QED) is 0.361. The minimum Gasteiger partial charge on any atom is -0.308 e. The number of anilines is 1. The summed E-state index contributed by atoms with van der Waals surface area (Å²) in [6.45, 7) is 1.27. The molecule has 1 aliphatic heterocycles. The predicted octanol–water partition coefficient (Wildman–Crippen LogP) is -1.21. The van der Waals surface area contributed by atoms with Crippen molar-refractivity contribution in [3.8, 4) is 0 Å². The monoisotopic (exact) mass is 313 g/mol. The Morgan fingerprint density at radius 2 is 2.24 bits per heavy atom. The summed E-state index contributed by atoms with van der Waals surface area (Å²) in [5, 5.41) is 2.13. The Labute approximate surface area is 121 Å². The summed E-state index contributed by atoms with van der Waals surface area (Å²) in [4.78, 5) is 27.0. The molecule has 1 aromatic rings. The van der Waals surface area contributed by atoms with Gasteiger partial charge in [-0.05, 0) is 12.5 Å². The first-order valence-electron chi connectivity index (χ1n) is 6.18. The van der Waals surface area contributed by atoms with E-state index in [1.807, 2.05) is 0 Å². The van der Waals surface area contributed by atoms with Crippen molar-refractivity contribution in [2.24, 2.45) is 5.84 Å². The first-order valence-corrected chi connectivity index (χ1v) is 7.62. The Kier molecular flexibility index (Phi) is 4.21. The molecule has 1 unspecified atom stereocenters. The van der Waals surface area contributed by atoms with E-state index in [2.05, 4.69) is 15.7 Å². The molecule has 0 bridgehead atoms. The molecular formula is C11H15N5O4S. The second-order valence-corrected chi connectivity index (χ2v) is 6.30. The third-order valence-corrected chi connectivity index (χ3v) is 4.94. The van der Waals surface area contributed by atoms with Gasteiger partial charge in [0.25, 0.3) is 0 Å². The van der Waals surface area contributed by atoms with Crippen LogP contribution in [0.4, 0.5) is 5.82 Å². The number of rotatable bonds is 4. The molecule has 1 aliphatic rings. The number of aromatic nitrogens is 1. The van der Waals surface area contributed by atoms with Gasteiger partial charge in [-0.15, -0.1) is 0 Å². The Hall–Kier alpha value is -2.04. The van der Waals surface area contributed by atoms with Gasteiger partial charge in [0.1, 0.15) is 11.9 Å². The van der Waals surface area contributed by atoms with Gasteiger partial charge in [0.05, 0.1) is 11.4 Å². The summed E-state index contributed by atoms with van der Waals surface area (Å²) in [5.74, 6) is 4.09. The molecule has 2 amide bonds. The summed E-state index contributed by atoms with van der Waals surface area (Å²) in [7, 11) is -4.01. The molecule has 1 atom stereocenters. The van der Waals surface area contributed by atoms with Gasteiger partial charge in [-0.25, -0.2) is 19.2 Å². The van der Waals surface area contributed by atoms with Crippen molar-refractivity contribution in [1.29, 1.82) is 0 Å². The number of piperazine rings is 1. The van der Waals surface area contributed by atoms with E-state index in [1.54, 1.807) is 6.92 Å². The molecule has 9 nitrogen and oxygen atoms in total. The van der Waals surface area contributed by atoms with Crippen molar-refractivity contribution in [2.45, 2.75) is 24.3 Å². The summed E-state index contributed by atoms with van der Waals surface area (Å²) in [6.07, 6.45) is 1.53. The maximum absolute atomic E-state index is 12.6. The number of nitrogens with one attached hydrogen (secondary N) is 2. The second-order valence-electron chi connectivity index (χ2n) is 4.41. The van der Waals surface area contributed by atoms with E-state index in [0.717, 1.165) is 4.31 Å². The number of nitrogens with zero attached hydrogens (tertiary/aromatic N) is 2. The number of hydrogen-bond donors (Lipinski definition) is 3. The number of carbonyl (C=O) groups excluding carboxylic acids is 2. The molecule has 0 aromatic carbocycles. The summed E-state index contributed by atoms with van der Waals surface area (Å²) < 4.78 is 26.1. The number of sulfonamides is 1. The highest BCUT2D eigenvalue weighted by atomic mass is 32.2. The third-order valence-electron chi connectivity index (χ3n) is 3.08. The molecule has 1 saturated heterocycles. The number of nitrogen functional groups attached to an aromatic ring is 1. The Bertz CT molecular complexity index is 675. The molecule has 1 fully saturated rings. The standard InChI is InChI=1S/C11H15N5O4S/c1-2-8-11(18)14-10(17)6-16(8)21(19,20)7-3-4-13-9(5-7)15-12/h3-5,8H,2,6,12H2,1H3,(H,13,15)(H,14,17,18). The van der Waals surface area contributed by atoms with E-state index in [4.69, 9.17) is 5.84 Å². The molecule has 0 radical (unpaired) electrons. The van der Waals surface area contributed by atoms with Crippen LogP contribution >= 0.6 is 0 Å². The number of nitrogens with two attached hydrogens (primary N) is 1. The van der Waals surface area contributed by atoms with E-state index in [0.29, 0.717) is 0 Å². The van der Waals surface area contributed by atoms with Crippen LogP contribution in [0.1, 0.15) is 13.3 Å². The maximum Gasteiger partial charge on any atom is 0.245 e. The van der Waals surface area contributed by atoms with Crippen LogP contribution in [0, 0.1) is 0 Å². The highest BCUT2D eigenvalue weighted by Crippen LogP contribution is 2.22. The fourth-order valence-electron chi connectivity index (χ4n) is 2.07. The van der Waals surface area contributed by atoms with Gasteiger partial charge in [0, 0.05) is 12.3 Å². The number of amides is 2. The SMILES string of the molecule is CCC1C(=O)NC(=O)CN1S(=O)(=O)c1ccnc(NN)c1. The van der Waals surface area contributed by atoms with Crippen molar-refractivity contribution in [3.63, 3.8) is 0 Å². The molecule has 21 heavy (non-hydrogen) atoms. The van der Waals surface area contributed by atoms with Gasteiger partial charge in [-0.3, -0.25) is 14.9 Å². The van der Waals surface area contributed by atoms with Gasteiger partial charge < -0.3 is 5.43 Å². The van der Waals surface area contributed by atoms with Crippen molar-refractivity contribution >= 4 is 27.7 Å². The number of pyridine rings is 1. The Morgan fingerprint density at radius 1 is 1.52 bits per heavy atom. The zero-order chi connectivity index (χ0) is 15.6. The zero-order valence-corrected chi connectivity index (χ0v) is 12.1. The van der Waals surface area contributed by atoms with Crippen molar-refractivity contribution in [1.82, 2.24) is 14.6 Å². The average molecular weight is 313 g/mol. The fourth-order valence-corrected chi connectivity index (χ4v) is 3.70. The number of carbonyl (C=O) groups is 2. The topological polar surface area (TPSA) is 134 Å². The van der Waals surface area contributed by atoms with Crippen LogP contribution in [0.15, 0.2) is 23.2 Å². The summed E-state index contributed by atoms with van der Waals surface area (Å²) in [5.41, 5.74) is 2.24. The number of hydrazine groups is 1. The van der Waals surface area contributed by atoms with Gasteiger partial charge in [0.15, 0.2) is 0 Å². The molecule has 10 heteroatoms. The highest BCUT2D eigenvalue weighted by molar-refractivity contribution is 7.89. The second kappa shape index (κ2) is 5.76. The van der Waals surface area contributed by atoms with Crippen LogP contribution in [0.2, 0.25) is 0 Å². The minimum absolute atomic E-state index is 0.0913. The van der Waals surface area contributed by atoms with Crippen LogP contribution in [0.5, 0.6) is 0 Å². The normalized spacial score (nSPS) is 20.2. The van der Waals surface area contributed by atoms with Gasteiger partial charge in [0.2, 0.25) is 21.8 Å². The van der Waals surface area contributed by atoms with Crippen molar-refractivity contribution in [3.05, 3.63) is 18.3 Å². The van der Waals surface area contributed by atoms with Crippen LogP contribution < -0.4 is 16.6 Å². The summed E-state index contributed by atoms with van der Waals surface area (Å²) in [6, 6.07) is 1.59. The largest absolute Gasteiger partial charge is 0.308 e. The molecule has 2 rings (SSSR count). The number of hydrogen-bond acceptors (Lipinski definition) is 7. The Balaban J connectivity index is 2.45. The zero-order valence-electron chi connectivity index (χ0n) is 11.2. The molecule has 114 valence electrons. The first-order chi connectivity index (χ1) is 9.90. The van der Waals surface area contributed by atoms with Crippen LogP contribution in [0.25, 0.3) is 0 Å². The van der Waals surface area contributed by atoms with E-state index in [9.17, 15) is 18.0 Å². The average Bonchev–Trinajstić information content (AvgIpc) is 2.46. The van der Waals surface area contributed by atoms with Crippen LogP contribution in [0.3, 0.4) is 0 Å². The van der Waals surface area contributed by atoms with Crippen molar-refractivity contribution in [2.75, 3.05) is 12.0 Å².